The van der Waals surface area contributed by atoms with E-state index in [1.54, 1.807) is 0 Å². The molecule has 1 aliphatic heterocycles. The van der Waals surface area contributed by atoms with Gasteiger partial charge in [-0.2, -0.15) is 5.26 Å². The Morgan fingerprint density at radius 3 is 2.67 bits per heavy atom. The number of nitrogens with zero attached hydrogens (tertiary/aromatic N) is 4. The molecule has 1 amide bonds. The Morgan fingerprint density at radius 2 is 1.93 bits per heavy atom. The zero-order chi connectivity index (χ0) is 18.6. The molecular weight excluding hydrogens is 336 g/mol. The number of carbonyl (C=O) groups is 1. The first-order chi connectivity index (χ1) is 13.2. The Labute approximate surface area is 161 Å². The quantitative estimate of drug-likeness (QED) is 0.817. The maximum Gasteiger partial charge on any atom is 0.222 e. The molecule has 0 atom stereocenters. The van der Waals surface area contributed by atoms with Crippen LogP contribution in [0.3, 0.4) is 0 Å². The number of pyridine rings is 1. The number of amides is 1. The van der Waals surface area contributed by atoms with Gasteiger partial charge in [-0.15, -0.1) is 0 Å². The van der Waals surface area contributed by atoms with Gasteiger partial charge in [0, 0.05) is 57.1 Å². The average molecular weight is 364 g/mol. The molecule has 1 saturated heterocycles. The summed E-state index contributed by atoms with van der Waals surface area (Å²) >= 11 is 0. The Bertz CT molecular complexity index is 836. The first-order valence-electron chi connectivity index (χ1n) is 10.2. The van der Waals surface area contributed by atoms with Crippen LogP contribution in [0.1, 0.15) is 49.7 Å². The highest BCUT2D eigenvalue weighted by atomic mass is 16.2. The van der Waals surface area contributed by atoms with E-state index in [0.717, 1.165) is 61.7 Å². The van der Waals surface area contributed by atoms with Gasteiger partial charge in [-0.05, 0) is 24.5 Å². The van der Waals surface area contributed by atoms with Crippen LogP contribution < -0.4 is 0 Å². The van der Waals surface area contributed by atoms with Gasteiger partial charge < -0.3 is 9.30 Å². The molecule has 5 heteroatoms. The number of carbonyl (C=O) groups excluding carboxylic acids is 1. The first-order valence-corrected chi connectivity index (χ1v) is 10.2. The van der Waals surface area contributed by atoms with Gasteiger partial charge >= 0.3 is 0 Å². The smallest absolute Gasteiger partial charge is 0.222 e. The van der Waals surface area contributed by atoms with Gasteiger partial charge in [-0.3, -0.25) is 9.69 Å². The molecule has 0 radical (unpaired) electrons. The molecule has 2 aliphatic rings. The standard InChI is InChI=1S/C22H28N4O/c23-15-20-19(17-26-10-4-3-7-21(20)26)16-24-11-13-25(14-12-24)22(27)9-8-18-5-1-2-6-18/h3-4,7,10,17-18H,1-2,5-6,8-9,11-14,16H2. The predicted molar refractivity (Wildman–Crippen MR) is 105 cm³/mol. The van der Waals surface area contributed by atoms with Crippen molar-refractivity contribution in [1.82, 2.24) is 14.2 Å². The molecule has 5 nitrogen and oxygen atoms in total. The molecule has 0 unspecified atom stereocenters. The van der Waals surface area contributed by atoms with E-state index in [9.17, 15) is 10.1 Å². The van der Waals surface area contributed by atoms with E-state index in [1.807, 2.05) is 33.7 Å². The highest BCUT2D eigenvalue weighted by molar-refractivity contribution is 5.76. The van der Waals surface area contributed by atoms with Gasteiger partial charge in [0.1, 0.15) is 6.07 Å². The van der Waals surface area contributed by atoms with Crippen LogP contribution in [0.2, 0.25) is 0 Å². The fourth-order valence-corrected chi connectivity index (χ4v) is 4.61. The maximum atomic E-state index is 12.5. The molecule has 2 aromatic rings. The second-order valence-electron chi connectivity index (χ2n) is 7.98. The Morgan fingerprint density at radius 1 is 1.15 bits per heavy atom. The molecule has 0 N–H and O–H groups in total. The predicted octanol–water partition coefficient (Wildman–Crippen LogP) is 3.43. The summed E-state index contributed by atoms with van der Waals surface area (Å²) in [6, 6.07) is 8.30. The van der Waals surface area contributed by atoms with E-state index in [1.165, 1.54) is 25.7 Å². The second-order valence-corrected chi connectivity index (χ2v) is 7.98. The number of aromatic nitrogens is 1. The fraction of sp³-hybridized carbons (Fsp3) is 0.545. The topological polar surface area (TPSA) is 51.8 Å². The Hall–Kier alpha value is -2.32. The van der Waals surface area contributed by atoms with Crippen molar-refractivity contribution < 1.29 is 4.79 Å². The molecule has 1 aliphatic carbocycles. The van der Waals surface area contributed by atoms with Crippen LogP contribution in [-0.2, 0) is 11.3 Å². The largest absolute Gasteiger partial charge is 0.340 e. The Balaban J connectivity index is 1.30. The number of hydrogen-bond donors (Lipinski definition) is 0. The number of piperazine rings is 1. The van der Waals surface area contributed by atoms with Gasteiger partial charge in [0.15, 0.2) is 0 Å². The van der Waals surface area contributed by atoms with Crippen molar-refractivity contribution in [2.24, 2.45) is 5.92 Å². The van der Waals surface area contributed by atoms with Crippen LogP contribution >= 0.6 is 0 Å². The minimum absolute atomic E-state index is 0.328. The van der Waals surface area contributed by atoms with Crippen molar-refractivity contribution in [2.45, 2.75) is 45.1 Å². The monoisotopic (exact) mass is 364 g/mol. The first kappa shape index (κ1) is 18.1. The van der Waals surface area contributed by atoms with Crippen molar-refractivity contribution in [1.29, 1.82) is 5.26 Å². The van der Waals surface area contributed by atoms with Gasteiger partial charge in [0.2, 0.25) is 5.91 Å². The summed E-state index contributed by atoms with van der Waals surface area (Å²) in [7, 11) is 0. The number of nitriles is 1. The van der Waals surface area contributed by atoms with Crippen LogP contribution in [-0.4, -0.2) is 46.3 Å². The lowest BCUT2D eigenvalue weighted by Gasteiger charge is -2.34. The number of fused-ring (bicyclic) bond motifs is 1. The molecule has 3 heterocycles. The van der Waals surface area contributed by atoms with E-state index >= 15 is 0 Å². The van der Waals surface area contributed by atoms with E-state index in [-0.39, 0.29) is 0 Å². The maximum absolute atomic E-state index is 12.5. The molecule has 0 bridgehead atoms. The van der Waals surface area contributed by atoms with E-state index in [4.69, 9.17) is 0 Å². The van der Waals surface area contributed by atoms with Gasteiger partial charge in [0.25, 0.3) is 0 Å². The number of rotatable bonds is 5. The summed E-state index contributed by atoms with van der Waals surface area (Å²) in [4.78, 5) is 16.9. The Kier molecular flexibility index (Phi) is 5.45. The molecule has 2 aromatic heterocycles. The van der Waals surface area contributed by atoms with Gasteiger partial charge in [-0.25, -0.2) is 0 Å². The van der Waals surface area contributed by atoms with Crippen LogP contribution in [0, 0.1) is 17.2 Å². The number of hydrogen-bond acceptors (Lipinski definition) is 3. The summed E-state index contributed by atoms with van der Waals surface area (Å²) < 4.78 is 2.02. The zero-order valence-electron chi connectivity index (χ0n) is 15.9. The third-order valence-corrected chi connectivity index (χ3v) is 6.23. The van der Waals surface area contributed by atoms with Crippen LogP contribution in [0.15, 0.2) is 30.6 Å². The molecule has 1 saturated carbocycles. The highest BCUT2D eigenvalue weighted by Crippen LogP contribution is 2.28. The normalized spacial score (nSPS) is 18.9. The summed E-state index contributed by atoms with van der Waals surface area (Å²) in [6.07, 6.45) is 11.2. The summed E-state index contributed by atoms with van der Waals surface area (Å²) in [5.74, 6) is 1.11. The molecular formula is C22H28N4O. The van der Waals surface area contributed by atoms with E-state index in [0.29, 0.717) is 12.3 Å². The molecule has 4 rings (SSSR count). The second kappa shape index (κ2) is 8.14. The van der Waals surface area contributed by atoms with Crippen LogP contribution in [0.5, 0.6) is 0 Å². The third-order valence-electron chi connectivity index (χ3n) is 6.23. The van der Waals surface area contributed by atoms with E-state index in [2.05, 4.69) is 17.2 Å². The molecule has 0 aromatic carbocycles. The summed E-state index contributed by atoms with van der Waals surface area (Å²) in [5.41, 5.74) is 2.81. The average Bonchev–Trinajstić information content (AvgIpc) is 3.33. The summed E-state index contributed by atoms with van der Waals surface area (Å²) in [5, 5.41) is 9.56. The van der Waals surface area contributed by atoms with Crippen molar-refractivity contribution >= 4 is 11.4 Å². The van der Waals surface area contributed by atoms with E-state index < -0.39 is 0 Å². The fourth-order valence-electron chi connectivity index (χ4n) is 4.61. The van der Waals surface area contributed by atoms with Crippen LogP contribution in [0.4, 0.5) is 0 Å². The lowest BCUT2D eigenvalue weighted by atomic mass is 10.0. The van der Waals surface area contributed by atoms with Crippen LogP contribution in [0.25, 0.3) is 5.52 Å². The third kappa shape index (κ3) is 4.01. The lowest BCUT2D eigenvalue weighted by Crippen LogP contribution is -2.48. The molecule has 0 spiro atoms. The highest BCUT2D eigenvalue weighted by Gasteiger charge is 2.24. The molecule has 2 fully saturated rings. The summed E-state index contributed by atoms with van der Waals surface area (Å²) in [6.45, 7) is 4.14. The molecule has 142 valence electrons. The molecule has 27 heavy (non-hydrogen) atoms. The zero-order valence-corrected chi connectivity index (χ0v) is 15.9. The minimum atomic E-state index is 0.328. The minimum Gasteiger partial charge on any atom is -0.340 e. The van der Waals surface area contributed by atoms with Crippen molar-refractivity contribution in [2.75, 3.05) is 26.2 Å². The lowest BCUT2D eigenvalue weighted by molar-refractivity contribution is -0.133. The van der Waals surface area contributed by atoms with Gasteiger partial charge in [0.05, 0.1) is 11.1 Å². The van der Waals surface area contributed by atoms with Crippen molar-refractivity contribution in [3.05, 3.63) is 41.7 Å². The van der Waals surface area contributed by atoms with Crippen molar-refractivity contribution in [3.8, 4) is 6.07 Å². The van der Waals surface area contributed by atoms with Gasteiger partial charge in [-0.1, -0.05) is 31.7 Å². The SMILES string of the molecule is N#Cc1c(CN2CCN(C(=O)CCC3CCCC3)CC2)cn2ccccc12. The van der Waals surface area contributed by atoms with Crippen molar-refractivity contribution in [3.63, 3.8) is 0 Å².